The van der Waals surface area contributed by atoms with Crippen LogP contribution in [0.2, 0.25) is 0 Å². The summed E-state index contributed by atoms with van der Waals surface area (Å²) < 4.78 is 7.19. The van der Waals surface area contributed by atoms with Gasteiger partial charge in [-0.3, -0.25) is 4.90 Å². The quantitative estimate of drug-likeness (QED) is 0.657. The van der Waals surface area contributed by atoms with Crippen LogP contribution in [0.4, 0.5) is 0 Å². The summed E-state index contributed by atoms with van der Waals surface area (Å²) in [7, 11) is 1.65. The molecule has 1 aromatic carbocycles. The lowest BCUT2D eigenvalue weighted by Gasteiger charge is -2.22. The Morgan fingerprint density at radius 2 is 2.21 bits per heavy atom. The highest BCUT2D eigenvalue weighted by Crippen LogP contribution is 2.22. The van der Waals surface area contributed by atoms with Crippen LogP contribution in [0, 0.1) is 0 Å². The van der Waals surface area contributed by atoms with Gasteiger partial charge in [0, 0.05) is 37.9 Å². The molecule has 0 aliphatic rings. The Morgan fingerprint density at radius 3 is 2.88 bits per heavy atom. The van der Waals surface area contributed by atoms with Crippen molar-refractivity contribution in [1.82, 2.24) is 24.6 Å². The normalized spacial score (nSPS) is 11.1. The smallest absolute Gasteiger partial charge is 0.120 e. The monoisotopic (exact) mass is 327 g/mol. The highest BCUT2D eigenvalue weighted by Gasteiger charge is 2.13. The summed E-state index contributed by atoms with van der Waals surface area (Å²) in [6.07, 6.45) is 7.19. The predicted molar refractivity (Wildman–Crippen MR) is 89.9 cm³/mol. The van der Waals surface area contributed by atoms with Gasteiger partial charge in [-0.25, -0.2) is 9.67 Å². The zero-order valence-corrected chi connectivity index (χ0v) is 13.6. The second-order valence-electron chi connectivity index (χ2n) is 5.42. The van der Waals surface area contributed by atoms with Gasteiger partial charge in [0.1, 0.15) is 11.6 Å². The molecule has 0 saturated carbocycles. The lowest BCUT2D eigenvalue weighted by molar-refractivity contribution is 0.181. The van der Waals surface area contributed by atoms with Gasteiger partial charge < -0.3 is 14.8 Å². The van der Waals surface area contributed by atoms with Crippen LogP contribution < -0.4 is 4.74 Å². The number of nitrogens with zero attached hydrogens (tertiary/aromatic N) is 4. The Hall–Kier alpha value is -2.64. The van der Waals surface area contributed by atoms with Crippen LogP contribution in [-0.2, 0) is 13.1 Å². The SMILES string of the molecule is COc1ccc(-n2cccn2)c(CN(CCO)Cc2ncc[nH]2)c1. The number of benzene rings is 1. The molecule has 0 radical (unpaired) electrons. The predicted octanol–water partition coefficient (Wildman–Crippen LogP) is 1.60. The molecule has 2 aromatic heterocycles. The largest absolute Gasteiger partial charge is 0.497 e. The summed E-state index contributed by atoms with van der Waals surface area (Å²) in [5.41, 5.74) is 2.06. The standard InChI is InChI=1S/C17H21N5O2/c1-24-15-3-4-16(22-8-2-5-20-22)14(11-15)12-21(9-10-23)13-17-18-6-7-19-17/h2-8,11,23H,9-10,12-13H2,1H3,(H,18,19). The summed E-state index contributed by atoms with van der Waals surface area (Å²) in [6.45, 7) is 1.91. The summed E-state index contributed by atoms with van der Waals surface area (Å²) in [5, 5.41) is 13.7. The summed E-state index contributed by atoms with van der Waals surface area (Å²) >= 11 is 0. The fourth-order valence-corrected chi connectivity index (χ4v) is 2.64. The van der Waals surface area contributed by atoms with E-state index < -0.39 is 0 Å². The van der Waals surface area contributed by atoms with E-state index in [4.69, 9.17) is 4.74 Å². The number of aromatic amines is 1. The molecule has 0 fully saturated rings. The Bertz CT molecular complexity index is 740. The number of H-pyrrole nitrogens is 1. The van der Waals surface area contributed by atoms with Crippen molar-refractivity contribution >= 4 is 0 Å². The minimum atomic E-state index is 0.0851. The molecule has 3 aromatic rings. The topological polar surface area (TPSA) is 79.2 Å². The van der Waals surface area contributed by atoms with E-state index in [-0.39, 0.29) is 6.61 Å². The number of methoxy groups -OCH3 is 1. The first-order valence-electron chi connectivity index (χ1n) is 7.78. The Labute approximate surface area is 140 Å². The van der Waals surface area contributed by atoms with Crippen LogP contribution in [0.3, 0.4) is 0 Å². The molecule has 126 valence electrons. The molecule has 0 bridgehead atoms. The second-order valence-corrected chi connectivity index (χ2v) is 5.42. The first kappa shape index (κ1) is 16.2. The molecule has 0 spiro atoms. The van der Waals surface area contributed by atoms with Gasteiger partial charge >= 0.3 is 0 Å². The summed E-state index contributed by atoms with van der Waals surface area (Å²) in [4.78, 5) is 9.49. The van der Waals surface area contributed by atoms with Crippen LogP contribution >= 0.6 is 0 Å². The van der Waals surface area contributed by atoms with E-state index in [1.165, 1.54) is 0 Å². The fourth-order valence-electron chi connectivity index (χ4n) is 2.64. The first-order valence-corrected chi connectivity index (χ1v) is 7.78. The van der Waals surface area contributed by atoms with Gasteiger partial charge in [0.2, 0.25) is 0 Å². The number of rotatable bonds is 8. The molecule has 2 heterocycles. The molecule has 0 unspecified atom stereocenters. The Morgan fingerprint density at radius 1 is 1.29 bits per heavy atom. The number of aromatic nitrogens is 4. The zero-order valence-electron chi connectivity index (χ0n) is 13.6. The van der Waals surface area contributed by atoms with Gasteiger partial charge in [-0.15, -0.1) is 0 Å². The summed E-state index contributed by atoms with van der Waals surface area (Å²) in [6, 6.07) is 7.81. The molecular weight excluding hydrogens is 306 g/mol. The van der Waals surface area contributed by atoms with Gasteiger partial charge in [0.05, 0.1) is 25.9 Å². The van der Waals surface area contributed by atoms with Crippen LogP contribution in [0.15, 0.2) is 49.1 Å². The van der Waals surface area contributed by atoms with Crippen LogP contribution in [-0.4, -0.2) is 50.0 Å². The van der Waals surface area contributed by atoms with Gasteiger partial charge in [0.15, 0.2) is 0 Å². The maximum Gasteiger partial charge on any atom is 0.120 e. The highest BCUT2D eigenvalue weighted by atomic mass is 16.5. The van der Waals surface area contributed by atoms with Crippen molar-refractivity contribution in [2.24, 2.45) is 0 Å². The molecule has 24 heavy (non-hydrogen) atoms. The maximum atomic E-state index is 9.38. The molecule has 0 atom stereocenters. The third-order valence-corrected chi connectivity index (χ3v) is 3.78. The molecule has 3 rings (SSSR count). The van der Waals surface area contributed by atoms with E-state index in [2.05, 4.69) is 20.0 Å². The molecule has 0 amide bonds. The van der Waals surface area contributed by atoms with Crippen molar-refractivity contribution in [2.75, 3.05) is 20.3 Å². The summed E-state index contributed by atoms with van der Waals surface area (Å²) in [5.74, 6) is 1.66. The van der Waals surface area contributed by atoms with Gasteiger partial charge in [-0.2, -0.15) is 5.10 Å². The third-order valence-electron chi connectivity index (χ3n) is 3.78. The van der Waals surface area contributed by atoms with Gasteiger partial charge in [-0.1, -0.05) is 0 Å². The molecule has 7 heteroatoms. The lowest BCUT2D eigenvalue weighted by Crippen LogP contribution is -2.27. The van der Waals surface area contributed by atoms with Crippen molar-refractivity contribution in [3.05, 3.63) is 60.4 Å². The molecule has 7 nitrogen and oxygen atoms in total. The fraction of sp³-hybridized carbons (Fsp3) is 0.294. The number of aliphatic hydroxyl groups is 1. The van der Waals surface area contributed by atoms with E-state index in [9.17, 15) is 5.11 Å². The number of ether oxygens (including phenoxy) is 1. The van der Waals surface area contributed by atoms with Crippen molar-refractivity contribution < 1.29 is 9.84 Å². The van der Waals surface area contributed by atoms with Crippen LogP contribution in [0.5, 0.6) is 5.75 Å². The van der Waals surface area contributed by atoms with Crippen LogP contribution in [0.1, 0.15) is 11.4 Å². The molecule has 2 N–H and O–H groups in total. The number of imidazole rings is 1. The van der Waals surface area contributed by atoms with Crippen molar-refractivity contribution in [3.8, 4) is 11.4 Å². The average molecular weight is 327 g/mol. The molecular formula is C17H21N5O2. The zero-order chi connectivity index (χ0) is 16.8. The minimum Gasteiger partial charge on any atom is -0.497 e. The minimum absolute atomic E-state index is 0.0851. The van der Waals surface area contributed by atoms with E-state index in [1.807, 2.05) is 35.1 Å². The Kier molecular flexibility index (Phi) is 5.25. The van der Waals surface area contributed by atoms with E-state index in [0.717, 1.165) is 22.8 Å². The van der Waals surface area contributed by atoms with E-state index >= 15 is 0 Å². The number of nitrogens with one attached hydrogen (secondary N) is 1. The highest BCUT2D eigenvalue weighted by molar-refractivity contribution is 5.45. The van der Waals surface area contributed by atoms with Crippen molar-refractivity contribution in [3.63, 3.8) is 0 Å². The van der Waals surface area contributed by atoms with Crippen molar-refractivity contribution in [2.45, 2.75) is 13.1 Å². The first-order chi connectivity index (χ1) is 11.8. The lowest BCUT2D eigenvalue weighted by atomic mass is 10.1. The van der Waals surface area contributed by atoms with Gasteiger partial charge in [0.25, 0.3) is 0 Å². The van der Waals surface area contributed by atoms with E-state index in [0.29, 0.717) is 19.6 Å². The van der Waals surface area contributed by atoms with Crippen molar-refractivity contribution in [1.29, 1.82) is 0 Å². The Balaban J connectivity index is 1.87. The number of hydrogen-bond acceptors (Lipinski definition) is 5. The molecule has 0 aliphatic heterocycles. The maximum absolute atomic E-state index is 9.38. The average Bonchev–Trinajstić information content (AvgIpc) is 3.28. The van der Waals surface area contributed by atoms with Crippen LogP contribution in [0.25, 0.3) is 5.69 Å². The second kappa shape index (κ2) is 7.76. The molecule has 0 aliphatic carbocycles. The molecule has 0 saturated heterocycles. The number of hydrogen-bond donors (Lipinski definition) is 2. The number of aliphatic hydroxyl groups excluding tert-OH is 1. The third kappa shape index (κ3) is 3.81. The van der Waals surface area contributed by atoms with E-state index in [1.54, 1.807) is 25.7 Å². The van der Waals surface area contributed by atoms with Gasteiger partial charge in [-0.05, 0) is 29.8 Å².